The monoisotopic (exact) mass is 358 g/mol. The van der Waals surface area contributed by atoms with E-state index in [1.807, 2.05) is 41.7 Å². The molecular formula is C18H18N2O2S2. The van der Waals surface area contributed by atoms with Gasteiger partial charge in [-0.3, -0.25) is 20.4 Å². The molecule has 3 rings (SSSR count). The van der Waals surface area contributed by atoms with Gasteiger partial charge in [0.15, 0.2) is 0 Å². The fraction of sp³-hybridized carbons (Fsp3) is 0.222. The van der Waals surface area contributed by atoms with Crippen LogP contribution in [0, 0.1) is 0 Å². The summed E-state index contributed by atoms with van der Waals surface area (Å²) in [6, 6.07) is 16.3. The molecule has 0 radical (unpaired) electrons. The third-order valence-electron chi connectivity index (χ3n) is 3.60. The number of carbonyl (C=O) groups is 2. The molecule has 1 aliphatic heterocycles. The SMILES string of the molecule is O=C(NNC(=O)c1ccc(C2SCCCS2)cc1)c1ccccc1. The van der Waals surface area contributed by atoms with Gasteiger partial charge in [-0.1, -0.05) is 30.3 Å². The normalized spacial score (nSPS) is 14.8. The van der Waals surface area contributed by atoms with Crippen molar-refractivity contribution >= 4 is 35.3 Å². The predicted octanol–water partition coefficient (Wildman–Crippen LogP) is 3.63. The Labute approximate surface area is 149 Å². The van der Waals surface area contributed by atoms with Gasteiger partial charge in [0.05, 0.1) is 4.58 Å². The van der Waals surface area contributed by atoms with Crippen LogP contribution < -0.4 is 10.9 Å². The molecule has 1 fully saturated rings. The summed E-state index contributed by atoms with van der Waals surface area (Å²) >= 11 is 3.90. The lowest BCUT2D eigenvalue weighted by Gasteiger charge is -2.21. The largest absolute Gasteiger partial charge is 0.269 e. The first kappa shape index (κ1) is 16.9. The van der Waals surface area contributed by atoms with Crippen LogP contribution in [0.2, 0.25) is 0 Å². The van der Waals surface area contributed by atoms with E-state index < -0.39 is 0 Å². The summed E-state index contributed by atoms with van der Waals surface area (Å²) in [6.45, 7) is 0. The topological polar surface area (TPSA) is 58.2 Å². The number of hydrazine groups is 1. The molecule has 0 aromatic heterocycles. The smallest absolute Gasteiger partial charge is 0.267 e. The third-order valence-corrected chi connectivity index (χ3v) is 6.61. The maximum atomic E-state index is 12.1. The molecule has 0 spiro atoms. The van der Waals surface area contributed by atoms with Crippen molar-refractivity contribution in [2.45, 2.75) is 11.0 Å². The first-order valence-corrected chi connectivity index (χ1v) is 9.83. The van der Waals surface area contributed by atoms with Crippen LogP contribution in [0.3, 0.4) is 0 Å². The van der Waals surface area contributed by atoms with E-state index in [1.165, 1.54) is 23.5 Å². The third kappa shape index (κ3) is 4.33. The number of carbonyl (C=O) groups excluding carboxylic acids is 2. The summed E-state index contributed by atoms with van der Waals surface area (Å²) in [5, 5.41) is 0. The Balaban J connectivity index is 1.56. The van der Waals surface area contributed by atoms with Crippen LogP contribution in [0.1, 0.15) is 37.3 Å². The van der Waals surface area contributed by atoms with Crippen LogP contribution in [-0.4, -0.2) is 23.3 Å². The van der Waals surface area contributed by atoms with Crippen molar-refractivity contribution < 1.29 is 9.59 Å². The lowest BCUT2D eigenvalue weighted by molar-refractivity contribution is 0.0846. The van der Waals surface area contributed by atoms with Gasteiger partial charge in [0, 0.05) is 11.1 Å². The van der Waals surface area contributed by atoms with Gasteiger partial charge in [-0.25, -0.2) is 0 Å². The summed E-state index contributed by atoms with van der Waals surface area (Å²) in [5.41, 5.74) is 7.13. The van der Waals surface area contributed by atoms with E-state index in [4.69, 9.17) is 0 Å². The molecule has 1 saturated heterocycles. The van der Waals surface area contributed by atoms with E-state index >= 15 is 0 Å². The van der Waals surface area contributed by atoms with E-state index in [1.54, 1.807) is 36.4 Å². The second-order valence-corrected chi connectivity index (χ2v) is 8.05. The minimum atomic E-state index is -0.337. The average molecular weight is 358 g/mol. The van der Waals surface area contributed by atoms with Gasteiger partial charge < -0.3 is 0 Å². The van der Waals surface area contributed by atoms with Crippen LogP contribution in [0.25, 0.3) is 0 Å². The van der Waals surface area contributed by atoms with E-state index in [0.29, 0.717) is 15.7 Å². The standard InChI is InChI=1S/C18H18N2O2S2/c21-16(13-5-2-1-3-6-13)19-20-17(22)14-7-9-15(10-8-14)18-23-11-4-12-24-18/h1-3,5-10,18H,4,11-12H2,(H,19,21)(H,20,22). The molecule has 124 valence electrons. The summed E-state index contributed by atoms with van der Waals surface area (Å²) in [4.78, 5) is 24.0. The Hall–Kier alpha value is -1.92. The summed E-state index contributed by atoms with van der Waals surface area (Å²) in [5.74, 6) is 1.71. The van der Waals surface area contributed by atoms with Gasteiger partial charge in [0.1, 0.15) is 0 Å². The average Bonchev–Trinajstić information content (AvgIpc) is 2.67. The molecule has 1 heterocycles. The second kappa shape index (κ2) is 8.26. The molecule has 6 heteroatoms. The number of nitrogens with one attached hydrogen (secondary N) is 2. The number of thioether (sulfide) groups is 2. The van der Waals surface area contributed by atoms with Gasteiger partial charge in [-0.2, -0.15) is 0 Å². The quantitative estimate of drug-likeness (QED) is 0.823. The Morgan fingerprint density at radius 2 is 1.33 bits per heavy atom. The Morgan fingerprint density at radius 3 is 1.92 bits per heavy atom. The molecule has 0 aliphatic carbocycles. The van der Waals surface area contributed by atoms with Crippen LogP contribution in [0.15, 0.2) is 54.6 Å². The van der Waals surface area contributed by atoms with Crippen LogP contribution in [0.4, 0.5) is 0 Å². The number of rotatable bonds is 3. The van der Waals surface area contributed by atoms with Crippen molar-refractivity contribution in [3.05, 3.63) is 71.3 Å². The van der Waals surface area contributed by atoms with Crippen molar-refractivity contribution in [1.82, 2.24) is 10.9 Å². The summed E-state index contributed by atoms with van der Waals surface area (Å²) in [7, 11) is 0. The zero-order chi connectivity index (χ0) is 16.8. The fourth-order valence-corrected chi connectivity index (χ4v) is 5.21. The van der Waals surface area contributed by atoms with Gasteiger partial charge in [0.2, 0.25) is 0 Å². The van der Waals surface area contributed by atoms with E-state index in [2.05, 4.69) is 10.9 Å². The van der Waals surface area contributed by atoms with Gasteiger partial charge in [-0.15, -0.1) is 23.5 Å². The molecule has 0 atom stereocenters. The number of hydrogen-bond acceptors (Lipinski definition) is 4. The van der Waals surface area contributed by atoms with Crippen molar-refractivity contribution in [3.63, 3.8) is 0 Å². The first-order chi connectivity index (χ1) is 11.7. The molecule has 2 aromatic rings. The number of hydrogen-bond donors (Lipinski definition) is 2. The Morgan fingerprint density at radius 1 is 0.792 bits per heavy atom. The molecule has 2 amide bonds. The molecule has 4 nitrogen and oxygen atoms in total. The van der Waals surface area contributed by atoms with Gasteiger partial charge in [0.25, 0.3) is 11.8 Å². The highest BCUT2D eigenvalue weighted by Gasteiger charge is 2.17. The fourth-order valence-electron chi connectivity index (χ4n) is 2.32. The second-order valence-electron chi connectivity index (χ2n) is 5.32. The maximum Gasteiger partial charge on any atom is 0.269 e. The molecule has 2 N–H and O–H groups in total. The van der Waals surface area contributed by atoms with Crippen LogP contribution in [0.5, 0.6) is 0 Å². The number of benzene rings is 2. The highest BCUT2D eigenvalue weighted by atomic mass is 32.2. The van der Waals surface area contributed by atoms with Crippen LogP contribution >= 0.6 is 23.5 Å². The zero-order valence-corrected chi connectivity index (χ0v) is 14.7. The highest BCUT2D eigenvalue weighted by molar-refractivity contribution is 8.16. The van der Waals surface area contributed by atoms with Gasteiger partial charge in [-0.05, 0) is 47.8 Å². The van der Waals surface area contributed by atoms with Crippen LogP contribution in [-0.2, 0) is 0 Å². The maximum absolute atomic E-state index is 12.1. The lowest BCUT2D eigenvalue weighted by Crippen LogP contribution is -2.41. The summed E-state index contributed by atoms with van der Waals surface area (Å²) < 4.78 is 0.452. The molecule has 1 aliphatic rings. The first-order valence-electron chi connectivity index (χ1n) is 7.73. The molecule has 0 saturated carbocycles. The minimum Gasteiger partial charge on any atom is -0.267 e. The van der Waals surface area contributed by atoms with Crippen molar-refractivity contribution in [2.24, 2.45) is 0 Å². The van der Waals surface area contributed by atoms with Crippen molar-refractivity contribution in [2.75, 3.05) is 11.5 Å². The molecule has 0 unspecified atom stereocenters. The molecular weight excluding hydrogens is 340 g/mol. The zero-order valence-electron chi connectivity index (χ0n) is 13.0. The predicted molar refractivity (Wildman–Crippen MR) is 100 cm³/mol. The van der Waals surface area contributed by atoms with E-state index in [9.17, 15) is 9.59 Å². The molecule has 24 heavy (non-hydrogen) atoms. The Bertz CT molecular complexity index is 699. The van der Waals surface area contributed by atoms with Gasteiger partial charge >= 0.3 is 0 Å². The minimum absolute atomic E-state index is 0.324. The van der Waals surface area contributed by atoms with Crippen molar-refractivity contribution in [1.29, 1.82) is 0 Å². The summed E-state index contributed by atoms with van der Waals surface area (Å²) in [6.07, 6.45) is 1.26. The molecule has 0 bridgehead atoms. The molecule has 2 aromatic carbocycles. The Kier molecular flexibility index (Phi) is 5.82. The number of amides is 2. The lowest BCUT2D eigenvalue weighted by atomic mass is 10.1. The highest BCUT2D eigenvalue weighted by Crippen LogP contribution is 2.43. The van der Waals surface area contributed by atoms with Crippen molar-refractivity contribution in [3.8, 4) is 0 Å². The van der Waals surface area contributed by atoms with E-state index in [0.717, 1.165) is 0 Å². The van der Waals surface area contributed by atoms with E-state index in [-0.39, 0.29) is 11.8 Å².